The quantitative estimate of drug-likeness (QED) is 0.751. The Morgan fingerprint density at radius 2 is 1.89 bits per heavy atom. The van der Waals surface area contributed by atoms with Crippen molar-refractivity contribution in [1.29, 1.82) is 0 Å². The third kappa shape index (κ3) is 4.46. The molecule has 0 aliphatic carbocycles. The molecular weight excluding hydrogens is 242 g/mol. The number of carbonyl (C=O) groups is 1. The minimum Gasteiger partial charge on any atom is -0.466 e. The molecule has 1 N–H and O–H groups in total. The average Bonchev–Trinajstić information content (AvgIpc) is 2.33. The van der Waals surface area contributed by atoms with E-state index in [4.69, 9.17) is 4.74 Å². The van der Waals surface area contributed by atoms with Crippen LogP contribution in [0.3, 0.4) is 0 Å². The van der Waals surface area contributed by atoms with Gasteiger partial charge in [0, 0.05) is 19.6 Å². The fourth-order valence-corrected chi connectivity index (χ4v) is 3.00. The van der Waals surface area contributed by atoms with E-state index >= 15 is 0 Å². The molecule has 19 heavy (non-hydrogen) atoms. The van der Waals surface area contributed by atoms with Gasteiger partial charge in [0.25, 0.3) is 0 Å². The molecular formula is C15H29NO3. The molecule has 0 spiro atoms. The molecule has 0 aromatic rings. The molecule has 1 fully saturated rings. The molecule has 1 rings (SSSR count). The summed E-state index contributed by atoms with van der Waals surface area (Å²) in [7, 11) is 0. The van der Waals surface area contributed by atoms with Crippen molar-refractivity contribution < 1.29 is 14.6 Å². The second-order valence-electron chi connectivity index (χ2n) is 6.01. The lowest BCUT2D eigenvalue weighted by molar-refractivity contribution is -0.162. The summed E-state index contributed by atoms with van der Waals surface area (Å²) >= 11 is 0. The lowest BCUT2D eigenvalue weighted by Crippen LogP contribution is -2.51. The van der Waals surface area contributed by atoms with E-state index in [0.29, 0.717) is 31.8 Å². The molecule has 1 unspecified atom stereocenters. The largest absolute Gasteiger partial charge is 0.466 e. The molecule has 1 aliphatic heterocycles. The maximum atomic E-state index is 11.9. The molecule has 4 heteroatoms. The fraction of sp³-hybridized carbons (Fsp3) is 0.933. The first-order valence-corrected chi connectivity index (χ1v) is 7.54. The number of aliphatic hydroxyl groups is 1. The van der Waals surface area contributed by atoms with Gasteiger partial charge in [0.05, 0.1) is 18.1 Å². The van der Waals surface area contributed by atoms with Crippen LogP contribution in [0, 0.1) is 11.8 Å². The first kappa shape index (κ1) is 16.4. The highest BCUT2D eigenvalue weighted by Crippen LogP contribution is 2.33. The predicted octanol–water partition coefficient (Wildman–Crippen LogP) is 2.06. The van der Waals surface area contributed by atoms with Crippen LogP contribution in [-0.2, 0) is 9.53 Å². The van der Waals surface area contributed by atoms with Gasteiger partial charge in [-0.25, -0.2) is 0 Å². The Kier molecular flexibility index (Phi) is 6.27. The normalized spacial score (nSPS) is 21.4. The van der Waals surface area contributed by atoms with E-state index in [-0.39, 0.29) is 11.9 Å². The first-order chi connectivity index (χ1) is 8.92. The zero-order valence-corrected chi connectivity index (χ0v) is 12.8. The second-order valence-corrected chi connectivity index (χ2v) is 6.01. The number of likely N-dealkylation sites (tertiary alicyclic amines) is 1. The summed E-state index contributed by atoms with van der Waals surface area (Å²) < 4.78 is 5.09. The standard InChI is InChI=1S/C15H29NO3/c1-5-13(14(17)19-6-2)15(18)7-9-16(10-8-15)11-12(3)4/h12-13,18H,5-11H2,1-4H3. The SMILES string of the molecule is CCOC(=O)C(CC)C1(O)CCN(CC(C)C)CC1. The summed E-state index contributed by atoms with van der Waals surface area (Å²) in [6.07, 6.45) is 1.97. The zero-order chi connectivity index (χ0) is 14.5. The highest BCUT2D eigenvalue weighted by molar-refractivity contribution is 5.73. The van der Waals surface area contributed by atoms with Crippen molar-refractivity contribution in [3.8, 4) is 0 Å². The Balaban J connectivity index is 2.59. The van der Waals surface area contributed by atoms with Crippen LogP contribution in [0.25, 0.3) is 0 Å². The maximum absolute atomic E-state index is 11.9. The van der Waals surface area contributed by atoms with Crippen LogP contribution in [0.15, 0.2) is 0 Å². The molecule has 1 heterocycles. The fourth-order valence-electron chi connectivity index (χ4n) is 3.00. The van der Waals surface area contributed by atoms with E-state index in [1.807, 2.05) is 6.92 Å². The maximum Gasteiger partial charge on any atom is 0.311 e. The molecule has 4 nitrogen and oxygen atoms in total. The van der Waals surface area contributed by atoms with E-state index in [0.717, 1.165) is 19.6 Å². The number of hydrogen-bond donors (Lipinski definition) is 1. The zero-order valence-electron chi connectivity index (χ0n) is 12.8. The second kappa shape index (κ2) is 7.25. The molecule has 1 atom stereocenters. The lowest BCUT2D eigenvalue weighted by atomic mass is 9.78. The van der Waals surface area contributed by atoms with E-state index in [1.54, 1.807) is 6.92 Å². The van der Waals surface area contributed by atoms with Crippen LogP contribution in [0.1, 0.15) is 47.0 Å². The molecule has 0 bridgehead atoms. The molecule has 1 aliphatic rings. The summed E-state index contributed by atoms with van der Waals surface area (Å²) in [6, 6.07) is 0. The van der Waals surface area contributed by atoms with E-state index in [9.17, 15) is 9.90 Å². The van der Waals surface area contributed by atoms with Crippen molar-refractivity contribution >= 4 is 5.97 Å². The Labute approximate surface area is 117 Å². The van der Waals surface area contributed by atoms with Crippen LogP contribution >= 0.6 is 0 Å². The van der Waals surface area contributed by atoms with Crippen LogP contribution < -0.4 is 0 Å². The first-order valence-electron chi connectivity index (χ1n) is 7.54. The molecule has 1 saturated heterocycles. The summed E-state index contributed by atoms with van der Waals surface area (Å²) in [5.41, 5.74) is -0.880. The number of piperidine rings is 1. The number of hydrogen-bond acceptors (Lipinski definition) is 4. The van der Waals surface area contributed by atoms with Crippen molar-refractivity contribution in [2.24, 2.45) is 11.8 Å². The number of nitrogens with zero attached hydrogens (tertiary/aromatic N) is 1. The van der Waals surface area contributed by atoms with Gasteiger partial charge in [0.1, 0.15) is 0 Å². The van der Waals surface area contributed by atoms with Crippen molar-refractivity contribution in [2.75, 3.05) is 26.2 Å². The smallest absolute Gasteiger partial charge is 0.311 e. The van der Waals surface area contributed by atoms with Gasteiger partial charge >= 0.3 is 5.97 Å². The van der Waals surface area contributed by atoms with Gasteiger partial charge in [-0.05, 0) is 32.1 Å². The summed E-state index contributed by atoms with van der Waals surface area (Å²) in [4.78, 5) is 14.3. The van der Waals surface area contributed by atoms with Gasteiger partial charge in [-0.1, -0.05) is 20.8 Å². The number of esters is 1. The Morgan fingerprint density at radius 1 is 1.32 bits per heavy atom. The summed E-state index contributed by atoms with van der Waals surface area (Å²) in [5, 5.41) is 10.8. The monoisotopic (exact) mass is 271 g/mol. The summed E-state index contributed by atoms with van der Waals surface area (Å²) in [6.45, 7) is 11.3. The average molecular weight is 271 g/mol. The molecule has 0 saturated carbocycles. The van der Waals surface area contributed by atoms with Gasteiger partial charge in [0.15, 0.2) is 0 Å². The highest BCUT2D eigenvalue weighted by Gasteiger charge is 2.43. The number of carbonyl (C=O) groups excluding carboxylic acids is 1. The van der Waals surface area contributed by atoms with Crippen molar-refractivity contribution in [3.63, 3.8) is 0 Å². The Bertz CT molecular complexity index is 283. The van der Waals surface area contributed by atoms with Crippen LogP contribution in [0.4, 0.5) is 0 Å². The topological polar surface area (TPSA) is 49.8 Å². The van der Waals surface area contributed by atoms with Crippen LogP contribution in [-0.4, -0.2) is 47.8 Å². The van der Waals surface area contributed by atoms with Gasteiger partial charge in [-0.2, -0.15) is 0 Å². The molecule has 0 radical (unpaired) electrons. The summed E-state index contributed by atoms with van der Waals surface area (Å²) in [5.74, 6) is 0.0108. The van der Waals surface area contributed by atoms with Gasteiger partial charge in [-0.15, -0.1) is 0 Å². The highest BCUT2D eigenvalue weighted by atomic mass is 16.5. The van der Waals surface area contributed by atoms with Crippen molar-refractivity contribution in [1.82, 2.24) is 4.90 Å². The van der Waals surface area contributed by atoms with Gasteiger partial charge in [-0.3, -0.25) is 4.79 Å². The number of ether oxygens (including phenoxy) is 1. The molecule has 0 aromatic heterocycles. The lowest BCUT2D eigenvalue weighted by Gasteiger charge is -2.42. The molecule has 0 aromatic carbocycles. The van der Waals surface area contributed by atoms with E-state index in [1.165, 1.54) is 0 Å². The third-order valence-electron chi connectivity index (χ3n) is 3.97. The van der Waals surface area contributed by atoms with E-state index < -0.39 is 5.60 Å². The van der Waals surface area contributed by atoms with Gasteiger partial charge < -0.3 is 14.7 Å². The molecule has 0 amide bonds. The van der Waals surface area contributed by atoms with Crippen LogP contribution in [0.5, 0.6) is 0 Å². The predicted molar refractivity (Wildman–Crippen MR) is 75.9 cm³/mol. The Hall–Kier alpha value is -0.610. The van der Waals surface area contributed by atoms with Crippen molar-refractivity contribution in [3.05, 3.63) is 0 Å². The Morgan fingerprint density at radius 3 is 2.32 bits per heavy atom. The number of rotatable bonds is 6. The van der Waals surface area contributed by atoms with Crippen LogP contribution in [0.2, 0.25) is 0 Å². The third-order valence-corrected chi connectivity index (χ3v) is 3.97. The van der Waals surface area contributed by atoms with Gasteiger partial charge in [0.2, 0.25) is 0 Å². The minimum absolute atomic E-state index is 0.246. The minimum atomic E-state index is -0.880. The van der Waals surface area contributed by atoms with E-state index in [2.05, 4.69) is 18.7 Å². The van der Waals surface area contributed by atoms with Crippen molar-refractivity contribution in [2.45, 2.75) is 52.6 Å². The molecule has 112 valence electrons.